The average Bonchev–Trinajstić information content (AvgIpc) is 2.35. The minimum atomic E-state index is -4.83. The SMILES string of the molecule is O=Cc1ccc2c(c1)CCN(C(=O)C(F)(F)F)C2. The van der Waals surface area contributed by atoms with E-state index in [0.717, 1.165) is 10.5 Å². The van der Waals surface area contributed by atoms with E-state index in [1.165, 1.54) is 6.07 Å². The van der Waals surface area contributed by atoms with Crippen LogP contribution in [0.4, 0.5) is 13.2 Å². The molecule has 2 rings (SSSR count). The monoisotopic (exact) mass is 257 g/mol. The molecule has 1 heterocycles. The van der Waals surface area contributed by atoms with E-state index in [4.69, 9.17) is 0 Å². The maximum Gasteiger partial charge on any atom is 0.471 e. The van der Waals surface area contributed by atoms with Gasteiger partial charge < -0.3 is 4.90 Å². The molecule has 6 heteroatoms. The lowest BCUT2D eigenvalue weighted by molar-refractivity contribution is -0.186. The second kappa shape index (κ2) is 4.44. The van der Waals surface area contributed by atoms with Crippen molar-refractivity contribution in [2.45, 2.75) is 19.1 Å². The van der Waals surface area contributed by atoms with Gasteiger partial charge in [-0.05, 0) is 23.6 Å². The van der Waals surface area contributed by atoms with Gasteiger partial charge in [0.05, 0.1) is 0 Å². The van der Waals surface area contributed by atoms with E-state index in [-0.39, 0.29) is 13.1 Å². The number of amides is 1. The van der Waals surface area contributed by atoms with Crippen molar-refractivity contribution >= 4 is 12.2 Å². The van der Waals surface area contributed by atoms with Crippen molar-refractivity contribution in [2.24, 2.45) is 0 Å². The van der Waals surface area contributed by atoms with Gasteiger partial charge in [0.25, 0.3) is 0 Å². The van der Waals surface area contributed by atoms with E-state index in [1.54, 1.807) is 12.1 Å². The molecule has 0 spiro atoms. The molecule has 0 aliphatic carbocycles. The van der Waals surface area contributed by atoms with Crippen LogP contribution in [0, 0.1) is 0 Å². The molecule has 0 saturated carbocycles. The Morgan fingerprint density at radius 2 is 2.00 bits per heavy atom. The molecule has 0 bridgehead atoms. The van der Waals surface area contributed by atoms with Crippen molar-refractivity contribution < 1.29 is 22.8 Å². The van der Waals surface area contributed by atoms with E-state index in [9.17, 15) is 22.8 Å². The second-order valence-corrected chi connectivity index (χ2v) is 4.12. The van der Waals surface area contributed by atoms with Gasteiger partial charge in [0, 0.05) is 18.7 Å². The first-order valence-electron chi connectivity index (χ1n) is 5.35. The number of carbonyl (C=O) groups excluding carboxylic acids is 2. The van der Waals surface area contributed by atoms with E-state index in [0.29, 0.717) is 23.8 Å². The van der Waals surface area contributed by atoms with E-state index in [1.807, 2.05) is 0 Å². The molecular formula is C12H10F3NO2. The van der Waals surface area contributed by atoms with Gasteiger partial charge in [-0.2, -0.15) is 13.2 Å². The quantitative estimate of drug-likeness (QED) is 0.721. The highest BCUT2D eigenvalue weighted by molar-refractivity contribution is 5.82. The van der Waals surface area contributed by atoms with Crippen molar-refractivity contribution in [2.75, 3.05) is 6.54 Å². The molecule has 1 aliphatic heterocycles. The maximum atomic E-state index is 12.3. The van der Waals surface area contributed by atoms with Crippen LogP contribution in [0.3, 0.4) is 0 Å². The fourth-order valence-electron chi connectivity index (χ4n) is 2.00. The maximum absolute atomic E-state index is 12.3. The number of carbonyl (C=O) groups is 2. The zero-order valence-corrected chi connectivity index (χ0v) is 9.33. The van der Waals surface area contributed by atoms with Crippen LogP contribution in [0.25, 0.3) is 0 Å². The topological polar surface area (TPSA) is 37.4 Å². The molecule has 0 atom stereocenters. The largest absolute Gasteiger partial charge is 0.471 e. The summed E-state index contributed by atoms with van der Waals surface area (Å²) in [6, 6.07) is 4.78. The number of halogens is 3. The summed E-state index contributed by atoms with van der Waals surface area (Å²) in [5.41, 5.74) is 1.97. The number of hydrogen-bond acceptors (Lipinski definition) is 2. The second-order valence-electron chi connectivity index (χ2n) is 4.12. The highest BCUT2D eigenvalue weighted by Crippen LogP contribution is 2.25. The molecule has 0 N–H and O–H groups in total. The third kappa shape index (κ3) is 2.37. The number of aldehydes is 1. The summed E-state index contributed by atoms with van der Waals surface area (Å²) in [7, 11) is 0. The first kappa shape index (κ1) is 12.6. The molecule has 1 aromatic rings. The fraction of sp³-hybridized carbons (Fsp3) is 0.333. The molecule has 1 aliphatic rings. The predicted octanol–water partition coefficient (Wildman–Crippen LogP) is 1.95. The zero-order chi connectivity index (χ0) is 13.3. The first-order chi connectivity index (χ1) is 8.41. The van der Waals surface area contributed by atoms with E-state index in [2.05, 4.69) is 0 Å². The summed E-state index contributed by atoms with van der Waals surface area (Å²) >= 11 is 0. The smallest absolute Gasteiger partial charge is 0.330 e. The van der Waals surface area contributed by atoms with Crippen molar-refractivity contribution in [1.82, 2.24) is 4.90 Å². The number of nitrogens with zero attached hydrogens (tertiary/aromatic N) is 1. The molecular weight excluding hydrogens is 247 g/mol. The van der Waals surface area contributed by atoms with E-state index >= 15 is 0 Å². The van der Waals surface area contributed by atoms with Gasteiger partial charge in [-0.3, -0.25) is 9.59 Å². The summed E-state index contributed by atoms with van der Waals surface area (Å²) in [6.07, 6.45) is -3.81. The molecule has 0 saturated heterocycles. The van der Waals surface area contributed by atoms with Crippen LogP contribution < -0.4 is 0 Å². The molecule has 0 radical (unpaired) electrons. The summed E-state index contributed by atoms with van der Waals surface area (Å²) in [6.45, 7) is -0.0412. The third-order valence-electron chi connectivity index (χ3n) is 2.91. The van der Waals surface area contributed by atoms with Crippen LogP contribution in [-0.2, 0) is 17.8 Å². The molecule has 3 nitrogen and oxygen atoms in total. The van der Waals surface area contributed by atoms with Crippen molar-refractivity contribution in [3.05, 3.63) is 34.9 Å². The lowest BCUT2D eigenvalue weighted by atomic mass is 9.97. The van der Waals surface area contributed by atoms with Gasteiger partial charge >= 0.3 is 12.1 Å². The number of benzene rings is 1. The predicted molar refractivity (Wildman–Crippen MR) is 57.0 cm³/mol. The molecule has 0 fully saturated rings. The highest BCUT2D eigenvalue weighted by Gasteiger charge is 2.43. The van der Waals surface area contributed by atoms with Gasteiger partial charge in [0.2, 0.25) is 0 Å². The Bertz CT molecular complexity index is 497. The Labute approximate surface area is 101 Å². The van der Waals surface area contributed by atoms with Crippen LogP contribution in [-0.4, -0.2) is 29.8 Å². The van der Waals surface area contributed by atoms with Crippen LogP contribution in [0.15, 0.2) is 18.2 Å². The summed E-state index contributed by atoms with van der Waals surface area (Å²) in [5.74, 6) is -1.81. The highest BCUT2D eigenvalue weighted by atomic mass is 19.4. The Morgan fingerprint density at radius 3 is 2.61 bits per heavy atom. The fourth-order valence-corrected chi connectivity index (χ4v) is 2.00. The Kier molecular flexibility index (Phi) is 3.11. The Morgan fingerprint density at radius 1 is 1.28 bits per heavy atom. The molecule has 1 aromatic carbocycles. The summed E-state index contributed by atoms with van der Waals surface area (Å²) < 4.78 is 36.9. The van der Waals surface area contributed by atoms with Gasteiger partial charge in [-0.25, -0.2) is 0 Å². The number of hydrogen-bond donors (Lipinski definition) is 0. The standard InChI is InChI=1S/C12H10F3NO2/c13-12(14,15)11(18)16-4-3-9-5-8(7-17)1-2-10(9)6-16/h1-2,5,7H,3-4,6H2. The summed E-state index contributed by atoms with van der Waals surface area (Å²) in [4.78, 5) is 22.5. The lowest BCUT2D eigenvalue weighted by Crippen LogP contribution is -2.43. The first-order valence-corrected chi connectivity index (χ1v) is 5.35. The number of alkyl halides is 3. The lowest BCUT2D eigenvalue weighted by Gasteiger charge is -2.29. The van der Waals surface area contributed by atoms with Gasteiger partial charge in [0.15, 0.2) is 0 Å². The third-order valence-corrected chi connectivity index (χ3v) is 2.91. The average molecular weight is 257 g/mol. The van der Waals surface area contributed by atoms with Gasteiger partial charge in [-0.15, -0.1) is 0 Å². The minimum Gasteiger partial charge on any atom is -0.330 e. The van der Waals surface area contributed by atoms with E-state index < -0.39 is 12.1 Å². The Balaban J connectivity index is 2.21. The minimum absolute atomic E-state index is 0.0215. The van der Waals surface area contributed by atoms with Crippen LogP contribution in [0.2, 0.25) is 0 Å². The number of fused-ring (bicyclic) bond motifs is 1. The Hall–Kier alpha value is -1.85. The number of rotatable bonds is 1. The van der Waals surface area contributed by atoms with Gasteiger partial charge in [-0.1, -0.05) is 12.1 Å². The van der Waals surface area contributed by atoms with Crippen LogP contribution in [0.1, 0.15) is 21.5 Å². The van der Waals surface area contributed by atoms with Crippen molar-refractivity contribution in [1.29, 1.82) is 0 Å². The molecule has 0 aromatic heterocycles. The normalized spacial score (nSPS) is 15.2. The van der Waals surface area contributed by atoms with Crippen LogP contribution >= 0.6 is 0 Å². The molecule has 96 valence electrons. The van der Waals surface area contributed by atoms with Gasteiger partial charge in [0.1, 0.15) is 6.29 Å². The van der Waals surface area contributed by atoms with Crippen molar-refractivity contribution in [3.8, 4) is 0 Å². The summed E-state index contributed by atoms with van der Waals surface area (Å²) in [5, 5.41) is 0. The molecule has 1 amide bonds. The molecule has 0 unspecified atom stereocenters. The van der Waals surface area contributed by atoms with Crippen molar-refractivity contribution in [3.63, 3.8) is 0 Å². The molecule has 18 heavy (non-hydrogen) atoms. The zero-order valence-electron chi connectivity index (χ0n) is 9.33. The van der Waals surface area contributed by atoms with Crippen LogP contribution in [0.5, 0.6) is 0 Å².